The van der Waals surface area contributed by atoms with E-state index in [0.29, 0.717) is 22.2 Å². The largest absolute Gasteiger partial charge is 0.462 e. The molecule has 4 rings (SSSR count). The zero-order chi connectivity index (χ0) is 24.4. The number of nitrogens with zero attached hydrogens (tertiary/aromatic N) is 2. The number of hydrogen-bond acceptors (Lipinski definition) is 5. The number of aromatic nitrogens is 1. The third-order valence-corrected chi connectivity index (χ3v) is 6.65. The minimum atomic E-state index is -0.344. The molecule has 2 heterocycles. The second kappa shape index (κ2) is 9.73. The summed E-state index contributed by atoms with van der Waals surface area (Å²) in [6.45, 7) is 10.2. The van der Waals surface area contributed by atoms with Gasteiger partial charge in [0.2, 0.25) is 0 Å². The quantitative estimate of drug-likeness (QED) is 0.377. The number of amides is 1. The number of carbonyl (C=O) groups is 2. The Morgan fingerprint density at radius 1 is 1.09 bits per heavy atom. The lowest BCUT2D eigenvalue weighted by molar-refractivity contribution is -0.115. The van der Waals surface area contributed by atoms with Crippen LogP contribution in [0.4, 0.5) is 5.69 Å². The van der Waals surface area contributed by atoms with E-state index in [1.165, 1.54) is 17.3 Å². The van der Waals surface area contributed by atoms with E-state index < -0.39 is 0 Å². The summed E-state index contributed by atoms with van der Waals surface area (Å²) in [4.78, 5) is 30.0. The van der Waals surface area contributed by atoms with Gasteiger partial charge < -0.3 is 14.6 Å². The summed E-state index contributed by atoms with van der Waals surface area (Å²) in [7, 11) is 0. The van der Waals surface area contributed by atoms with Gasteiger partial charge in [-0.1, -0.05) is 12.1 Å². The van der Waals surface area contributed by atoms with Crippen molar-refractivity contribution >= 4 is 40.6 Å². The average Bonchev–Trinajstić information content (AvgIpc) is 3.28. The van der Waals surface area contributed by atoms with Crippen molar-refractivity contribution in [2.45, 2.75) is 34.6 Å². The number of ether oxygens (including phenoxy) is 1. The SMILES string of the molecule is CCOC(=O)c1cccc(-n2c(C)cc(/C=C3\SC(=Nc4ccc(C)c(C)c4)NC3=O)c2C)c1. The number of aryl methyl sites for hydroxylation is 3. The highest BCUT2D eigenvalue weighted by Gasteiger charge is 2.25. The van der Waals surface area contributed by atoms with Crippen LogP contribution >= 0.6 is 11.8 Å². The van der Waals surface area contributed by atoms with Crippen molar-refractivity contribution in [3.8, 4) is 5.69 Å². The van der Waals surface area contributed by atoms with Crippen LogP contribution in [0.5, 0.6) is 0 Å². The summed E-state index contributed by atoms with van der Waals surface area (Å²) >= 11 is 1.33. The van der Waals surface area contributed by atoms with E-state index in [-0.39, 0.29) is 11.9 Å². The molecule has 1 aliphatic rings. The standard InChI is InChI=1S/C27H27N3O3S/c1-6-33-26(32)20-8-7-9-23(14-20)30-18(4)13-21(19(30)5)15-24-25(31)29-27(34-24)28-22-11-10-16(2)17(3)12-22/h7-15H,6H2,1-5H3,(H,28,29,31)/b24-15-. The predicted molar refractivity (Wildman–Crippen MR) is 138 cm³/mol. The summed E-state index contributed by atoms with van der Waals surface area (Å²) in [5.74, 6) is -0.509. The summed E-state index contributed by atoms with van der Waals surface area (Å²) in [5.41, 5.74) is 7.45. The van der Waals surface area contributed by atoms with Crippen LogP contribution in [0.25, 0.3) is 11.8 Å². The molecule has 0 aliphatic carbocycles. The van der Waals surface area contributed by atoms with Gasteiger partial charge in [0.25, 0.3) is 5.91 Å². The number of esters is 1. The number of nitrogens with one attached hydrogen (secondary N) is 1. The number of amidine groups is 1. The Hall–Kier alpha value is -3.58. The van der Waals surface area contributed by atoms with Crippen LogP contribution in [0.15, 0.2) is 58.4 Å². The zero-order valence-electron chi connectivity index (χ0n) is 19.9. The van der Waals surface area contributed by atoms with Crippen LogP contribution in [0.1, 0.15) is 45.4 Å². The first-order valence-electron chi connectivity index (χ1n) is 11.1. The molecular weight excluding hydrogens is 446 g/mol. The maximum absolute atomic E-state index is 12.6. The van der Waals surface area contributed by atoms with Crippen LogP contribution in [-0.2, 0) is 9.53 Å². The van der Waals surface area contributed by atoms with E-state index in [2.05, 4.69) is 21.8 Å². The highest BCUT2D eigenvalue weighted by atomic mass is 32.2. The predicted octanol–water partition coefficient (Wildman–Crippen LogP) is 5.78. The van der Waals surface area contributed by atoms with Gasteiger partial charge in [-0.2, -0.15) is 0 Å². The molecule has 1 aliphatic heterocycles. The zero-order valence-corrected chi connectivity index (χ0v) is 20.7. The van der Waals surface area contributed by atoms with Crippen molar-refractivity contribution < 1.29 is 14.3 Å². The second-order valence-electron chi connectivity index (χ2n) is 8.18. The molecule has 34 heavy (non-hydrogen) atoms. The third-order valence-electron chi connectivity index (χ3n) is 5.74. The number of thioether (sulfide) groups is 1. The van der Waals surface area contributed by atoms with Crippen molar-refractivity contribution in [3.05, 3.63) is 87.1 Å². The topological polar surface area (TPSA) is 72.7 Å². The lowest BCUT2D eigenvalue weighted by atomic mass is 10.1. The summed E-state index contributed by atoms with van der Waals surface area (Å²) in [6.07, 6.45) is 1.89. The second-order valence-corrected chi connectivity index (χ2v) is 9.21. The number of carbonyl (C=O) groups excluding carboxylic acids is 2. The van der Waals surface area contributed by atoms with Gasteiger partial charge in [0.05, 0.1) is 22.8 Å². The lowest BCUT2D eigenvalue weighted by Gasteiger charge is -2.11. The first kappa shape index (κ1) is 23.6. The van der Waals surface area contributed by atoms with Crippen LogP contribution in [0, 0.1) is 27.7 Å². The van der Waals surface area contributed by atoms with E-state index in [1.807, 2.05) is 69.3 Å². The smallest absolute Gasteiger partial charge is 0.338 e. The van der Waals surface area contributed by atoms with Crippen LogP contribution < -0.4 is 5.32 Å². The monoisotopic (exact) mass is 473 g/mol. The molecule has 1 N–H and O–H groups in total. The molecule has 0 atom stereocenters. The summed E-state index contributed by atoms with van der Waals surface area (Å²) < 4.78 is 7.20. The van der Waals surface area contributed by atoms with E-state index in [1.54, 1.807) is 13.0 Å². The molecular formula is C27H27N3O3S. The fourth-order valence-corrected chi connectivity index (χ4v) is 4.68. The fourth-order valence-electron chi connectivity index (χ4n) is 3.85. The van der Waals surface area contributed by atoms with Gasteiger partial charge in [0.1, 0.15) is 0 Å². The van der Waals surface area contributed by atoms with Gasteiger partial charge in [-0.3, -0.25) is 4.79 Å². The van der Waals surface area contributed by atoms with Crippen molar-refractivity contribution in [2.24, 2.45) is 4.99 Å². The van der Waals surface area contributed by atoms with Crippen molar-refractivity contribution in [2.75, 3.05) is 6.61 Å². The Morgan fingerprint density at radius 2 is 1.88 bits per heavy atom. The molecule has 3 aromatic rings. The van der Waals surface area contributed by atoms with Crippen LogP contribution in [-0.4, -0.2) is 28.2 Å². The minimum Gasteiger partial charge on any atom is -0.462 e. The maximum Gasteiger partial charge on any atom is 0.338 e. The molecule has 0 bridgehead atoms. The molecule has 0 saturated carbocycles. The molecule has 0 radical (unpaired) electrons. The highest BCUT2D eigenvalue weighted by Crippen LogP contribution is 2.31. The Bertz CT molecular complexity index is 1350. The van der Waals surface area contributed by atoms with Crippen LogP contribution in [0.3, 0.4) is 0 Å². The van der Waals surface area contributed by atoms with Crippen LogP contribution in [0.2, 0.25) is 0 Å². The molecule has 0 spiro atoms. The molecule has 7 heteroatoms. The van der Waals surface area contributed by atoms with Gasteiger partial charge in [-0.25, -0.2) is 9.79 Å². The van der Waals surface area contributed by atoms with Gasteiger partial charge in [0, 0.05) is 17.1 Å². The van der Waals surface area contributed by atoms with Gasteiger partial charge >= 0.3 is 5.97 Å². The Morgan fingerprint density at radius 3 is 2.62 bits per heavy atom. The first-order chi connectivity index (χ1) is 16.3. The third kappa shape index (κ3) is 4.84. The van der Waals surface area contributed by atoms with Gasteiger partial charge in [-0.05, 0) is 106 Å². The number of hydrogen-bond donors (Lipinski definition) is 1. The van der Waals surface area contributed by atoms with E-state index in [4.69, 9.17) is 4.74 Å². The van der Waals surface area contributed by atoms with Crippen molar-refractivity contribution in [1.82, 2.24) is 9.88 Å². The molecule has 0 unspecified atom stereocenters. The first-order valence-corrected chi connectivity index (χ1v) is 11.9. The normalized spacial score (nSPS) is 15.7. The fraction of sp³-hybridized carbons (Fsp3) is 0.222. The lowest BCUT2D eigenvalue weighted by Crippen LogP contribution is -2.19. The molecule has 1 fully saturated rings. The summed E-state index contributed by atoms with van der Waals surface area (Å²) in [6, 6.07) is 15.4. The van der Waals surface area contributed by atoms with E-state index in [9.17, 15) is 9.59 Å². The van der Waals surface area contributed by atoms with E-state index in [0.717, 1.165) is 33.9 Å². The summed E-state index contributed by atoms with van der Waals surface area (Å²) in [5, 5.41) is 3.42. The average molecular weight is 474 g/mol. The Labute approximate surface area is 203 Å². The minimum absolute atomic E-state index is 0.165. The van der Waals surface area contributed by atoms with Gasteiger partial charge in [0.15, 0.2) is 5.17 Å². The number of rotatable bonds is 5. The Kier molecular flexibility index (Phi) is 6.75. The highest BCUT2D eigenvalue weighted by molar-refractivity contribution is 8.18. The van der Waals surface area contributed by atoms with Gasteiger partial charge in [-0.15, -0.1) is 0 Å². The number of benzene rings is 2. The van der Waals surface area contributed by atoms with Crippen molar-refractivity contribution in [3.63, 3.8) is 0 Å². The van der Waals surface area contributed by atoms with E-state index >= 15 is 0 Å². The molecule has 1 aromatic heterocycles. The molecule has 1 saturated heterocycles. The molecule has 174 valence electrons. The molecule has 6 nitrogen and oxygen atoms in total. The molecule has 1 amide bonds. The number of aliphatic imine (C=N–C) groups is 1. The van der Waals surface area contributed by atoms with Crippen molar-refractivity contribution in [1.29, 1.82) is 0 Å². The maximum atomic E-state index is 12.6. The Balaban J connectivity index is 1.62. The molecule has 2 aromatic carbocycles.